The van der Waals surface area contributed by atoms with Gasteiger partial charge in [0.05, 0.1) is 10.5 Å². The fourth-order valence-electron chi connectivity index (χ4n) is 2.40. The Morgan fingerprint density at radius 3 is 2.52 bits per heavy atom. The van der Waals surface area contributed by atoms with Gasteiger partial charge in [-0.1, -0.05) is 26.2 Å². The van der Waals surface area contributed by atoms with Crippen molar-refractivity contribution in [3.8, 4) is 0 Å². The highest BCUT2D eigenvalue weighted by Gasteiger charge is 2.24. The van der Waals surface area contributed by atoms with Crippen LogP contribution < -0.4 is 5.32 Å². The average molecular weight is 400 g/mol. The van der Waals surface area contributed by atoms with E-state index >= 15 is 0 Å². The van der Waals surface area contributed by atoms with E-state index in [0.717, 1.165) is 50.1 Å². The third-order valence-electron chi connectivity index (χ3n) is 3.77. The van der Waals surface area contributed by atoms with Gasteiger partial charge >= 0.3 is 5.97 Å². The molecular formula is C17H24N2O7S. The lowest BCUT2D eigenvalue weighted by molar-refractivity contribution is -0.387. The second-order valence-electron chi connectivity index (χ2n) is 6.25. The van der Waals surface area contributed by atoms with Crippen LogP contribution >= 0.6 is 0 Å². The molecule has 0 spiro atoms. The molecule has 0 heterocycles. The molecule has 9 nitrogen and oxygen atoms in total. The minimum absolute atomic E-state index is 0.0575. The van der Waals surface area contributed by atoms with Gasteiger partial charge in [-0.15, -0.1) is 0 Å². The molecule has 0 aliphatic rings. The summed E-state index contributed by atoms with van der Waals surface area (Å²) in [6.45, 7) is 3.40. The first-order valence-corrected chi connectivity index (χ1v) is 10.4. The van der Waals surface area contributed by atoms with Crippen molar-refractivity contribution in [2.24, 2.45) is 0 Å². The second kappa shape index (κ2) is 10.0. The highest BCUT2D eigenvalue weighted by atomic mass is 32.2. The number of hydrogen-bond donors (Lipinski definition) is 1. The molecule has 1 rings (SSSR count). The maximum atomic E-state index is 12.0. The van der Waals surface area contributed by atoms with Crippen molar-refractivity contribution in [1.82, 2.24) is 5.32 Å². The van der Waals surface area contributed by atoms with E-state index in [4.69, 9.17) is 4.74 Å². The van der Waals surface area contributed by atoms with Crippen LogP contribution in [0.2, 0.25) is 0 Å². The number of esters is 1. The molecule has 27 heavy (non-hydrogen) atoms. The molecule has 0 aromatic heterocycles. The number of benzene rings is 1. The zero-order valence-electron chi connectivity index (χ0n) is 15.6. The lowest BCUT2D eigenvalue weighted by Crippen LogP contribution is -2.35. The molecule has 0 saturated heterocycles. The van der Waals surface area contributed by atoms with E-state index in [1.165, 1.54) is 0 Å². The number of hydrogen-bond acceptors (Lipinski definition) is 7. The summed E-state index contributed by atoms with van der Waals surface area (Å²) in [6.07, 6.45) is 4.76. The third kappa shape index (κ3) is 7.33. The van der Waals surface area contributed by atoms with E-state index in [-0.39, 0.29) is 11.6 Å². The van der Waals surface area contributed by atoms with E-state index < -0.39 is 43.8 Å². The lowest BCUT2D eigenvalue weighted by atomic mass is 10.1. The van der Waals surface area contributed by atoms with Gasteiger partial charge in [0.15, 0.2) is 16.4 Å². The Morgan fingerprint density at radius 1 is 1.30 bits per heavy atom. The van der Waals surface area contributed by atoms with Crippen molar-refractivity contribution in [2.45, 2.75) is 50.5 Å². The van der Waals surface area contributed by atoms with Crippen LogP contribution in [0.4, 0.5) is 5.69 Å². The Balaban J connectivity index is 2.71. The van der Waals surface area contributed by atoms with Crippen LogP contribution in [0.15, 0.2) is 23.1 Å². The Hall–Kier alpha value is -2.49. The van der Waals surface area contributed by atoms with Crippen molar-refractivity contribution >= 4 is 27.4 Å². The van der Waals surface area contributed by atoms with E-state index in [1.54, 1.807) is 0 Å². The number of nitrogens with one attached hydrogen (secondary N) is 1. The SMILES string of the molecule is CCCCC[C@H](C)NC(=O)COC(=O)c1ccc(S(C)(=O)=O)c([N+](=O)[O-])c1. The topological polar surface area (TPSA) is 133 Å². The standard InChI is InChI=1S/C17H24N2O7S/c1-4-5-6-7-12(2)18-16(20)11-26-17(21)13-8-9-15(27(3,24)25)14(10-13)19(22)23/h8-10,12H,4-7,11H2,1-3H3,(H,18,20)/t12-/m0/s1. The molecule has 1 amide bonds. The van der Waals surface area contributed by atoms with E-state index in [0.29, 0.717) is 0 Å². The molecule has 0 saturated carbocycles. The summed E-state index contributed by atoms with van der Waals surface area (Å²) in [6, 6.07) is 2.85. The van der Waals surface area contributed by atoms with Gasteiger partial charge in [-0.2, -0.15) is 0 Å². The molecule has 0 aliphatic heterocycles. The maximum absolute atomic E-state index is 12.0. The van der Waals surface area contributed by atoms with Crippen LogP contribution in [0.3, 0.4) is 0 Å². The summed E-state index contributed by atoms with van der Waals surface area (Å²) < 4.78 is 28.0. The predicted molar refractivity (Wildman–Crippen MR) is 98.2 cm³/mol. The number of sulfone groups is 1. The molecule has 0 radical (unpaired) electrons. The molecule has 1 aromatic carbocycles. The Labute approximate surface area is 158 Å². The van der Waals surface area contributed by atoms with Gasteiger partial charge < -0.3 is 10.1 Å². The number of rotatable bonds is 10. The number of amides is 1. The smallest absolute Gasteiger partial charge is 0.338 e. The average Bonchev–Trinajstić information content (AvgIpc) is 2.58. The molecule has 150 valence electrons. The highest BCUT2D eigenvalue weighted by molar-refractivity contribution is 7.90. The number of carbonyl (C=O) groups is 2. The zero-order valence-corrected chi connectivity index (χ0v) is 16.4. The lowest BCUT2D eigenvalue weighted by Gasteiger charge is -2.13. The Morgan fingerprint density at radius 2 is 1.96 bits per heavy atom. The van der Waals surface area contributed by atoms with Gasteiger partial charge in [-0.25, -0.2) is 13.2 Å². The minimum atomic E-state index is -3.83. The first-order valence-electron chi connectivity index (χ1n) is 8.51. The van der Waals surface area contributed by atoms with Crippen LogP contribution in [-0.4, -0.2) is 44.1 Å². The van der Waals surface area contributed by atoms with Crippen molar-refractivity contribution < 1.29 is 27.7 Å². The van der Waals surface area contributed by atoms with Gasteiger partial charge in [-0.05, 0) is 25.5 Å². The summed E-state index contributed by atoms with van der Waals surface area (Å²) in [4.78, 5) is 33.5. The summed E-state index contributed by atoms with van der Waals surface area (Å²) in [5.41, 5.74) is -0.932. The molecule has 10 heteroatoms. The number of nitrogens with zero attached hydrogens (tertiary/aromatic N) is 1. The van der Waals surface area contributed by atoms with E-state index in [2.05, 4.69) is 12.2 Å². The van der Waals surface area contributed by atoms with E-state index in [9.17, 15) is 28.1 Å². The van der Waals surface area contributed by atoms with Gasteiger partial charge in [-0.3, -0.25) is 14.9 Å². The molecule has 0 aliphatic carbocycles. The van der Waals surface area contributed by atoms with Crippen molar-refractivity contribution in [3.05, 3.63) is 33.9 Å². The van der Waals surface area contributed by atoms with Gasteiger partial charge in [0.1, 0.15) is 4.90 Å². The van der Waals surface area contributed by atoms with Gasteiger partial charge in [0.2, 0.25) is 0 Å². The van der Waals surface area contributed by atoms with Crippen molar-refractivity contribution in [1.29, 1.82) is 0 Å². The van der Waals surface area contributed by atoms with Crippen molar-refractivity contribution in [2.75, 3.05) is 12.9 Å². The molecule has 0 bridgehead atoms. The third-order valence-corrected chi connectivity index (χ3v) is 4.92. The number of unbranched alkanes of at least 4 members (excludes halogenated alkanes) is 2. The van der Waals surface area contributed by atoms with Crippen LogP contribution in [0.25, 0.3) is 0 Å². The molecule has 0 unspecified atom stereocenters. The van der Waals surface area contributed by atoms with Crippen LogP contribution in [-0.2, 0) is 19.4 Å². The first-order chi connectivity index (χ1) is 12.6. The van der Waals surface area contributed by atoms with Gasteiger partial charge in [0, 0.05) is 18.4 Å². The monoisotopic (exact) mass is 400 g/mol. The maximum Gasteiger partial charge on any atom is 0.338 e. The molecule has 1 atom stereocenters. The Kier molecular flexibility index (Phi) is 8.35. The van der Waals surface area contributed by atoms with Gasteiger partial charge in [0.25, 0.3) is 11.6 Å². The fourth-order valence-corrected chi connectivity index (χ4v) is 3.23. The van der Waals surface area contributed by atoms with Crippen molar-refractivity contribution in [3.63, 3.8) is 0 Å². The number of carbonyl (C=O) groups excluding carboxylic acids is 2. The molecule has 1 aromatic rings. The number of nitro groups is 1. The predicted octanol–water partition coefficient (Wildman–Crippen LogP) is 2.24. The van der Waals surface area contributed by atoms with Crippen LogP contribution in [0.5, 0.6) is 0 Å². The quantitative estimate of drug-likeness (QED) is 0.275. The Bertz CT molecular complexity index is 805. The van der Waals surface area contributed by atoms with Crippen LogP contribution in [0.1, 0.15) is 49.9 Å². The zero-order chi connectivity index (χ0) is 20.6. The molecule has 0 fully saturated rings. The first kappa shape index (κ1) is 22.6. The normalized spacial score (nSPS) is 12.3. The number of nitro benzene ring substituents is 1. The van der Waals surface area contributed by atoms with Crippen LogP contribution in [0, 0.1) is 10.1 Å². The summed E-state index contributed by atoms with van der Waals surface area (Å²) in [5, 5.41) is 13.8. The molecule has 1 N–H and O–H groups in total. The number of ether oxygens (including phenoxy) is 1. The highest BCUT2D eigenvalue weighted by Crippen LogP contribution is 2.25. The summed E-state index contributed by atoms with van der Waals surface area (Å²) >= 11 is 0. The molecular weight excluding hydrogens is 376 g/mol. The van der Waals surface area contributed by atoms with E-state index in [1.807, 2.05) is 6.92 Å². The minimum Gasteiger partial charge on any atom is -0.452 e. The largest absolute Gasteiger partial charge is 0.452 e. The summed E-state index contributed by atoms with van der Waals surface area (Å²) in [5.74, 6) is -1.43. The summed E-state index contributed by atoms with van der Waals surface area (Å²) in [7, 11) is -3.83. The fraction of sp³-hybridized carbons (Fsp3) is 0.529. The second-order valence-corrected chi connectivity index (χ2v) is 8.24.